The highest BCUT2D eigenvalue weighted by Crippen LogP contribution is 2.45. The molecule has 22 heavy (non-hydrogen) atoms. The van der Waals surface area contributed by atoms with Gasteiger partial charge in [-0.3, -0.25) is 14.9 Å². The van der Waals surface area contributed by atoms with E-state index in [9.17, 15) is 19.7 Å². The number of esters is 1. The minimum Gasteiger partial charge on any atom is -0.459 e. The van der Waals surface area contributed by atoms with E-state index in [-0.39, 0.29) is 32.7 Å². The molecule has 2 rings (SSSR count). The lowest BCUT2D eigenvalue weighted by Crippen LogP contribution is -2.25. The molecule has 10 heteroatoms. The lowest BCUT2D eigenvalue weighted by molar-refractivity contribution is -0.379. The van der Waals surface area contributed by atoms with Gasteiger partial charge in [-0.25, -0.2) is 4.79 Å². The van der Waals surface area contributed by atoms with Crippen LogP contribution in [0.2, 0.25) is 10.0 Å². The lowest BCUT2D eigenvalue weighted by Gasteiger charge is -2.04. The van der Waals surface area contributed by atoms with Crippen LogP contribution in [-0.2, 0) is 14.3 Å². The Kier molecular flexibility index (Phi) is 4.84. The number of nitrogens with one attached hydrogen (secondary N) is 1. The smallest absolute Gasteiger partial charge is 0.397 e. The summed E-state index contributed by atoms with van der Waals surface area (Å²) < 4.78 is 4.93. The Labute approximate surface area is 137 Å². The van der Waals surface area contributed by atoms with Gasteiger partial charge >= 0.3 is 16.9 Å². The maximum Gasteiger partial charge on any atom is 0.397 e. The highest BCUT2D eigenvalue weighted by molar-refractivity contribution is 7.23. The van der Waals surface area contributed by atoms with E-state index in [1.54, 1.807) is 0 Å². The molecule has 0 radical (unpaired) electrons. The van der Waals surface area contributed by atoms with Crippen molar-refractivity contribution in [3.63, 3.8) is 0 Å². The summed E-state index contributed by atoms with van der Waals surface area (Å²) in [5.74, 6) is -2.25. The molecule has 0 bridgehead atoms. The first-order valence-electron chi connectivity index (χ1n) is 5.89. The van der Waals surface area contributed by atoms with Gasteiger partial charge in [0.05, 0.1) is 21.3 Å². The number of rotatable bonds is 3. The third-order valence-corrected chi connectivity index (χ3v) is 4.37. The zero-order valence-electron chi connectivity index (χ0n) is 11.0. The molecule has 0 saturated heterocycles. The number of thiophene rings is 1. The molecular weight excluding hydrogens is 355 g/mol. The number of fused-ring (bicyclic) bond motifs is 1. The van der Waals surface area contributed by atoms with E-state index in [0.717, 1.165) is 11.3 Å². The normalized spacial score (nSPS) is 10.5. The van der Waals surface area contributed by atoms with Crippen molar-refractivity contribution in [2.75, 3.05) is 11.9 Å². The second kappa shape index (κ2) is 6.47. The maximum atomic E-state index is 11.7. The highest BCUT2D eigenvalue weighted by Gasteiger charge is 2.27. The quantitative estimate of drug-likeness (QED) is 0.389. The molecule has 0 aliphatic rings. The summed E-state index contributed by atoms with van der Waals surface area (Å²) in [4.78, 5) is 33.6. The first-order chi connectivity index (χ1) is 10.3. The average Bonchev–Trinajstić information content (AvgIpc) is 2.78. The van der Waals surface area contributed by atoms with Crippen LogP contribution in [0.25, 0.3) is 10.1 Å². The van der Waals surface area contributed by atoms with Crippen LogP contribution in [0.1, 0.15) is 6.92 Å². The van der Waals surface area contributed by atoms with Crippen LogP contribution >= 0.6 is 34.5 Å². The Bertz CT molecular complexity index is 789. The average molecular weight is 363 g/mol. The number of amides is 1. The van der Waals surface area contributed by atoms with Crippen molar-refractivity contribution < 1.29 is 19.2 Å². The van der Waals surface area contributed by atoms with Crippen LogP contribution in [0.4, 0.5) is 10.7 Å². The van der Waals surface area contributed by atoms with Crippen molar-refractivity contribution in [1.29, 1.82) is 0 Å². The number of anilines is 1. The Balaban J connectivity index is 2.55. The fourth-order valence-electron chi connectivity index (χ4n) is 1.72. The molecule has 1 N–H and O–H groups in total. The van der Waals surface area contributed by atoms with Crippen LogP contribution in [0.3, 0.4) is 0 Å². The van der Waals surface area contributed by atoms with Gasteiger partial charge < -0.3 is 10.1 Å². The van der Waals surface area contributed by atoms with Crippen molar-refractivity contribution in [2.24, 2.45) is 0 Å². The standard InChI is InChI=1S/C12H8Cl2N2O5S/c1-2-21-12(18)10(17)15-8-6-3-5(13)4-7(14)9(6)22-11(8)16(19)20/h3-4H,2H2,1H3,(H,15,17). The first kappa shape index (κ1) is 16.5. The second-order valence-corrected chi connectivity index (χ2v) is 5.82. The monoisotopic (exact) mass is 362 g/mol. The molecule has 0 fully saturated rings. The maximum absolute atomic E-state index is 11.7. The van der Waals surface area contributed by atoms with Crippen molar-refractivity contribution in [3.8, 4) is 0 Å². The van der Waals surface area contributed by atoms with Gasteiger partial charge in [0, 0.05) is 10.4 Å². The molecule has 0 saturated carbocycles. The van der Waals surface area contributed by atoms with Crippen molar-refractivity contribution in [1.82, 2.24) is 0 Å². The number of nitro groups is 1. The summed E-state index contributed by atoms with van der Waals surface area (Å²) in [6.07, 6.45) is 0. The number of benzene rings is 1. The summed E-state index contributed by atoms with van der Waals surface area (Å²) in [6, 6.07) is 2.86. The number of carbonyl (C=O) groups excluding carboxylic acids is 2. The molecule has 7 nitrogen and oxygen atoms in total. The molecular formula is C12H8Cl2N2O5S. The van der Waals surface area contributed by atoms with Crippen molar-refractivity contribution in [3.05, 3.63) is 32.3 Å². The first-order valence-corrected chi connectivity index (χ1v) is 7.46. The highest BCUT2D eigenvalue weighted by atomic mass is 35.5. The minimum absolute atomic E-state index is 0.0103. The molecule has 1 aromatic heterocycles. The predicted octanol–water partition coefficient (Wildman–Crippen LogP) is 3.62. The van der Waals surface area contributed by atoms with E-state index in [0.29, 0.717) is 4.70 Å². The number of hydrogen-bond acceptors (Lipinski definition) is 6. The fraction of sp³-hybridized carbons (Fsp3) is 0.167. The van der Waals surface area contributed by atoms with Crippen molar-refractivity contribution in [2.45, 2.75) is 6.92 Å². The third-order valence-electron chi connectivity index (χ3n) is 2.56. The summed E-state index contributed by atoms with van der Waals surface area (Å²) in [7, 11) is 0. The van der Waals surface area contributed by atoms with Crippen LogP contribution in [0.15, 0.2) is 12.1 Å². The molecule has 1 heterocycles. The Morgan fingerprint density at radius 1 is 1.41 bits per heavy atom. The van der Waals surface area contributed by atoms with Crippen LogP contribution in [0, 0.1) is 10.1 Å². The van der Waals surface area contributed by atoms with Gasteiger partial charge in [0.15, 0.2) is 0 Å². The van der Waals surface area contributed by atoms with Gasteiger partial charge in [-0.1, -0.05) is 34.5 Å². The Hall–Kier alpha value is -1.90. The molecule has 0 atom stereocenters. The lowest BCUT2D eigenvalue weighted by atomic mass is 10.2. The van der Waals surface area contributed by atoms with Crippen LogP contribution in [0.5, 0.6) is 0 Å². The third kappa shape index (κ3) is 3.13. The number of hydrogen-bond donors (Lipinski definition) is 1. The molecule has 0 spiro atoms. The SMILES string of the molecule is CCOC(=O)C(=O)Nc1c([N+](=O)[O-])sc2c(Cl)cc(Cl)cc12. The van der Waals surface area contributed by atoms with E-state index >= 15 is 0 Å². The minimum atomic E-state index is -1.13. The molecule has 1 aromatic carbocycles. The van der Waals surface area contributed by atoms with Crippen LogP contribution < -0.4 is 5.32 Å². The van der Waals surface area contributed by atoms with Gasteiger partial charge in [-0.05, 0) is 19.1 Å². The molecule has 0 unspecified atom stereocenters. The Morgan fingerprint density at radius 3 is 2.68 bits per heavy atom. The zero-order chi connectivity index (χ0) is 16.4. The fourth-order valence-corrected chi connectivity index (χ4v) is 3.29. The molecule has 2 aromatic rings. The molecule has 1 amide bonds. The number of ether oxygens (including phenoxy) is 1. The molecule has 0 aliphatic heterocycles. The summed E-state index contributed by atoms with van der Waals surface area (Å²) in [5, 5.41) is 13.7. The summed E-state index contributed by atoms with van der Waals surface area (Å²) >= 11 is 12.7. The molecule has 116 valence electrons. The van der Waals surface area contributed by atoms with Gasteiger partial charge in [0.2, 0.25) is 0 Å². The van der Waals surface area contributed by atoms with E-state index < -0.39 is 16.8 Å². The summed E-state index contributed by atoms with van der Waals surface area (Å²) in [5.41, 5.74) is -0.132. The van der Waals surface area contributed by atoms with E-state index in [2.05, 4.69) is 10.1 Å². The second-order valence-electron chi connectivity index (χ2n) is 3.98. The van der Waals surface area contributed by atoms with Crippen molar-refractivity contribution >= 4 is 67.2 Å². The Morgan fingerprint density at radius 2 is 2.09 bits per heavy atom. The largest absolute Gasteiger partial charge is 0.459 e. The van der Waals surface area contributed by atoms with Crippen LogP contribution in [-0.4, -0.2) is 23.4 Å². The van der Waals surface area contributed by atoms with Gasteiger partial charge in [-0.2, -0.15) is 0 Å². The van der Waals surface area contributed by atoms with E-state index in [1.807, 2.05) is 0 Å². The van der Waals surface area contributed by atoms with Gasteiger partial charge in [0.25, 0.3) is 0 Å². The van der Waals surface area contributed by atoms with E-state index in [1.165, 1.54) is 19.1 Å². The van der Waals surface area contributed by atoms with E-state index in [4.69, 9.17) is 23.2 Å². The van der Waals surface area contributed by atoms with Gasteiger partial charge in [-0.15, -0.1) is 0 Å². The van der Waals surface area contributed by atoms with Gasteiger partial charge in [0.1, 0.15) is 5.69 Å². The topological polar surface area (TPSA) is 98.5 Å². The predicted molar refractivity (Wildman–Crippen MR) is 83.8 cm³/mol. The zero-order valence-corrected chi connectivity index (χ0v) is 13.3. The molecule has 0 aliphatic carbocycles. The number of halogens is 2. The number of nitrogens with zero attached hydrogens (tertiary/aromatic N) is 1. The number of carbonyl (C=O) groups is 2. The summed E-state index contributed by atoms with van der Waals surface area (Å²) in [6.45, 7) is 1.55.